The van der Waals surface area contributed by atoms with Gasteiger partial charge in [0, 0.05) is 18.1 Å². The zero-order chi connectivity index (χ0) is 14.5. The Morgan fingerprint density at radius 3 is 2.71 bits per heavy atom. The van der Waals surface area contributed by atoms with Gasteiger partial charge in [-0.05, 0) is 55.6 Å². The molecule has 1 heterocycles. The van der Waals surface area contributed by atoms with Crippen LogP contribution in [0.5, 0.6) is 0 Å². The standard InChI is InChI=1S/C15H17ClN2O2.CH4/c16-14-5-4-12(9-13(14)15(19)20)18-8-6-11(10-18)3-1-2-7-17;/h4-6,8-10H,1-3,7,17H2,(H,19,20);1H4. The molecule has 4 nitrogen and oxygen atoms in total. The Bertz CT molecular complexity index is 608. The number of aromatic nitrogens is 1. The van der Waals surface area contributed by atoms with Gasteiger partial charge < -0.3 is 15.4 Å². The summed E-state index contributed by atoms with van der Waals surface area (Å²) < 4.78 is 1.90. The molecule has 1 aromatic carbocycles. The molecule has 0 saturated carbocycles. The number of nitrogens with zero attached hydrogens (tertiary/aromatic N) is 1. The van der Waals surface area contributed by atoms with Crippen molar-refractivity contribution in [3.63, 3.8) is 0 Å². The van der Waals surface area contributed by atoms with Crippen LogP contribution in [-0.2, 0) is 6.42 Å². The summed E-state index contributed by atoms with van der Waals surface area (Å²) in [5.74, 6) is -1.02. The summed E-state index contributed by atoms with van der Waals surface area (Å²) in [6.45, 7) is 0.708. The van der Waals surface area contributed by atoms with Crippen LogP contribution in [0.2, 0.25) is 5.02 Å². The zero-order valence-electron chi connectivity index (χ0n) is 11.1. The first-order valence-corrected chi connectivity index (χ1v) is 6.90. The van der Waals surface area contributed by atoms with Gasteiger partial charge >= 0.3 is 5.97 Å². The maximum Gasteiger partial charge on any atom is 0.337 e. The fraction of sp³-hybridized carbons (Fsp3) is 0.312. The molecule has 5 heteroatoms. The van der Waals surface area contributed by atoms with Gasteiger partial charge in [-0.25, -0.2) is 4.79 Å². The van der Waals surface area contributed by atoms with E-state index in [2.05, 4.69) is 0 Å². The number of halogens is 1. The fourth-order valence-electron chi connectivity index (χ4n) is 2.06. The lowest BCUT2D eigenvalue weighted by Gasteiger charge is -2.05. The Balaban J connectivity index is 0.00000220. The molecule has 0 unspecified atom stereocenters. The van der Waals surface area contributed by atoms with Crippen molar-refractivity contribution in [3.05, 3.63) is 52.8 Å². The molecule has 3 N–H and O–H groups in total. The second kappa shape index (κ2) is 7.86. The molecule has 21 heavy (non-hydrogen) atoms. The number of carboxylic acid groups (broad SMARTS) is 1. The lowest BCUT2D eigenvalue weighted by Crippen LogP contribution is -2.00. The molecular formula is C16H21ClN2O2. The van der Waals surface area contributed by atoms with Gasteiger partial charge in [0.15, 0.2) is 0 Å². The van der Waals surface area contributed by atoms with Gasteiger partial charge in [0.05, 0.1) is 10.6 Å². The normalized spacial score (nSPS) is 10.2. The molecule has 0 aliphatic carbocycles. The zero-order valence-corrected chi connectivity index (χ0v) is 11.8. The molecule has 114 valence electrons. The highest BCUT2D eigenvalue weighted by Crippen LogP contribution is 2.21. The maximum absolute atomic E-state index is 11.1. The van der Waals surface area contributed by atoms with Crippen LogP contribution in [0.25, 0.3) is 5.69 Å². The molecule has 0 fully saturated rings. The van der Waals surface area contributed by atoms with E-state index < -0.39 is 5.97 Å². The topological polar surface area (TPSA) is 68.2 Å². The van der Waals surface area contributed by atoms with E-state index >= 15 is 0 Å². The van der Waals surface area contributed by atoms with E-state index in [1.807, 2.05) is 23.0 Å². The summed E-state index contributed by atoms with van der Waals surface area (Å²) in [5.41, 5.74) is 7.59. The Morgan fingerprint density at radius 1 is 1.29 bits per heavy atom. The van der Waals surface area contributed by atoms with Crippen molar-refractivity contribution in [2.75, 3.05) is 6.54 Å². The Kier molecular flexibility index (Phi) is 6.46. The first-order chi connectivity index (χ1) is 9.61. The minimum Gasteiger partial charge on any atom is -0.478 e. The maximum atomic E-state index is 11.1. The monoisotopic (exact) mass is 308 g/mol. The lowest BCUT2D eigenvalue weighted by atomic mass is 10.1. The molecule has 0 saturated heterocycles. The minimum absolute atomic E-state index is 0. The highest BCUT2D eigenvalue weighted by molar-refractivity contribution is 6.33. The molecular weight excluding hydrogens is 288 g/mol. The summed E-state index contributed by atoms with van der Waals surface area (Å²) in [5, 5.41) is 9.33. The molecule has 0 radical (unpaired) electrons. The quantitative estimate of drug-likeness (QED) is 0.799. The summed E-state index contributed by atoms with van der Waals surface area (Å²) in [7, 11) is 0. The number of carboxylic acids is 1. The third-order valence-electron chi connectivity index (χ3n) is 3.15. The number of hydrogen-bond acceptors (Lipinski definition) is 2. The Hall–Kier alpha value is -1.78. The van der Waals surface area contributed by atoms with Gasteiger partial charge in [0.2, 0.25) is 0 Å². The van der Waals surface area contributed by atoms with Gasteiger partial charge in [-0.3, -0.25) is 0 Å². The molecule has 2 rings (SSSR count). The third-order valence-corrected chi connectivity index (χ3v) is 3.48. The number of nitrogens with two attached hydrogens (primary N) is 1. The van der Waals surface area contributed by atoms with Crippen molar-refractivity contribution in [2.24, 2.45) is 5.73 Å². The summed E-state index contributed by atoms with van der Waals surface area (Å²) in [6.07, 6.45) is 6.97. The van der Waals surface area contributed by atoms with Crippen molar-refractivity contribution in [3.8, 4) is 5.69 Å². The Morgan fingerprint density at radius 2 is 2.05 bits per heavy atom. The average molecular weight is 309 g/mol. The predicted molar refractivity (Wildman–Crippen MR) is 86.5 cm³/mol. The molecule has 0 atom stereocenters. The van der Waals surface area contributed by atoms with Crippen molar-refractivity contribution >= 4 is 17.6 Å². The van der Waals surface area contributed by atoms with E-state index in [4.69, 9.17) is 22.4 Å². The van der Waals surface area contributed by atoms with Gasteiger partial charge in [-0.15, -0.1) is 0 Å². The van der Waals surface area contributed by atoms with Gasteiger partial charge in [-0.1, -0.05) is 19.0 Å². The largest absolute Gasteiger partial charge is 0.478 e. The highest BCUT2D eigenvalue weighted by atomic mass is 35.5. The first-order valence-electron chi connectivity index (χ1n) is 6.52. The number of carbonyl (C=O) groups is 1. The number of aromatic carboxylic acids is 1. The molecule has 0 spiro atoms. The number of benzene rings is 1. The minimum atomic E-state index is -1.02. The van der Waals surface area contributed by atoms with Crippen LogP contribution in [0.3, 0.4) is 0 Å². The van der Waals surface area contributed by atoms with Crippen molar-refractivity contribution in [2.45, 2.75) is 26.7 Å². The van der Waals surface area contributed by atoms with E-state index in [9.17, 15) is 4.79 Å². The number of unbranched alkanes of at least 4 members (excludes halogenated alkanes) is 1. The predicted octanol–water partition coefficient (Wildman–Crippen LogP) is 3.75. The summed E-state index contributed by atoms with van der Waals surface area (Å²) >= 11 is 5.87. The van der Waals surface area contributed by atoms with Gasteiger partial charge in [-0.2, -0.15) is 0 Å². The van der Waals surface area contributed by atoms with Crippen LogP contribution in [0, 0.1) is 0 Å². The second-order valence-corrected chi connectivity index (χ2v) is 5.05. The fourth-order valence-corrected chi connectivity index (χ4v) is 2.26. The molecule has 2 aromatic rings. The van der Waals surface area contributed by atoms with E-state index in [1.54, 1.807) is 18.2 Å². The highest BCUT2D eigenvalue weighted by Gasteiger charge is 2.10. The third kappa shape index (κ3) is 4.34. The molecule has 0 bridgehead atoms. The number of hydrogen-bond donors (Lipinski definition) is 2. The van der Waals surface area contributed by atoms with Crippen LogP contribution < -0.4 is 5.73 Å². The molecule has 0 amide bonds. The summed E-state index contributed by atoms with van der Waals surface area (Å²) in [4.78, 5) is 11.1. The van der Waals surface area contributed by atoms with Crippen molar-refractivity contribution in [1.82, 2.24) is 4.57 Å². The van der Waals surface area contributed by atoms with Crippen LogP contribution in [0.1, 0.15) is 36.2 Å². The van der Waals surface area contributed by atoms with Gasteiger partial charge in [0.25, 0.3) is 0 Å². The SMILES string of the molecule is C.NCCCCc1ccn(-c2ccc(Cl)c(C(=O)O)c2)c1. The van der Waals surface area contributed by atoms with E-state index in [1.165, 1.54) is 5.56 Å². The van der Waals surface area contributed by atoms with Crippen LogP contribution in [-0.4, -0.2) is 22.2 Å². The lowest BCUT2D eigenvalue weighted by molar-refractivity contribution is 0.0697. The van der Waals surface area contributed by atoms with Crippen LogP contribution in [0.4, 0.5) is 0 Å². The molecule has 0 aliphatic heterocycles. The number of rotatable bonds is 6. The molecule has 0 aliphatic rings. The van der Waals surface area contributed by atoms with Crippen molar-refractivity contribution in [1.29, 1.82) is 0 Å². The average Bonchev–Trinajstić information content (AvgIpc) is 2.88. The van der Waals surface area contributed by atoms with E-state index in [0.717, 1.165) is 24.9 Å². The number of aryl methyl sites for hydroxylation is 1. The van der Waals surface area contributed by atoms with Crippen molar-refractivity contribution < 1.29 is 9.90 Å². The summed E-state index contributed by atoms with van der Waals surface area (Å²) in [6, 6.07) is 7.02. The van der Waals surface area contributed by atoms with Gasteiger partial charge in [0.1, 0.15) is 0 Å². The Labute approximate surface area is 130 Å². The van der Waals surface area contributed by atoms with Crippen LogP contribution >= 0.6 is 11.6 Å². The van der Waals surface area contributed by atoms with E-state index in [0.29, 0.717) is 6.54 Å². The molecule has 1 aromatic heterocycles. The van der Waals surface area contributed by atoms with Crippen LogP contribution in [0.15, 0.2) is 36.7 Å². The second-order valence-electron chi connectivity index (χ2n) is 4.64. The van der Waals surface area contributed by atoms with E-state index in [-0.39, 0.29) is 18.0 Å². The first kappa shape index (κ1) is 17.3. The smallest absolute Gasteiger partial charge is 0.337 e.